The Bertz CT molecular complexity index is 590. The summed E-state index contributed by atoms with van der Waals surface area (Å²) in [7, 11) is 2.01. The monoisotopic (exact) mass is 498 g/mol. The Hall–Kier alpha value is -1.03. The molecule has 0 radical (unpaired) electrons. The van der Waals surface area contributed by atoms with Gasteiger partial charge in [0, 0.05) is 19.1 Å². The number of halogens is 4. The van der Waals surface area contributed by atoms with Crippen molar-refractivity contribution in [2.45, 2.75) is 44.8 Å². The molecule has 1 aromatic carbocycles. The molecule has 2 unspecified atom stereocenters. The summed E-state index contributed by atoms with van der Waals surface area (Å²) in [6, 6.07) is 5.57. The smallest absolute Gasteiger partial charge is 0.370 e. The fourth-order valence-electron chi connectivity index (χ4n) is 3.51. The van der Waals surface area contributed by atoms with Crippen molar-refractivity contribution in [3.05, 3.63) is 35.4 Å². The van der Waals surface area contributed by atoms with Crippen LogP contribution in [0.15, 0.2) is 29.3 Å². The minimum Gasteiger partial charge on any atom is -0.370 e. The number of hydrogen-bond donors (Lipinski definition) is 2. The highest BCUT2D eigenvalue weighted by molar-refractivity contribution is 14.0. The largest absolute Gasteiger partial charge is 0.416 e. The van der Waals surface area contributed by atoms with Gasteiger partial charge in [0.2, 0.25) is 0 Å². The maximum absolute atomic E-state index is 12.8. The standard InChI is InChI=1S/C19H29F3N4.HI/c1-3-4-11-24-18(23)25-13-15-6-5-12-26(2)17(15)14-7-9-16(10-8-14)19(20,21)22;/h7-10,15,17H,3-6,11-13H2,1-2H3,(H3,23,24,25);1H. The number of benzene rings is 1. The number of alkyl halides is 3. The van der Waals surface area contributed by atoms with Gasteiger partial charge in [-0.05, 0) is 56.5 Å². The average Bonchev–Trinajstić information content (AvgIpc) is 2.59. The molecule has 1 saturated heterocycles. The van der Waals surface area contributed by atoms with Crippen LogP contribution in [0.3, 0.4) is 0 Å². The highest BCUT2D eigenvalue weighted by atomic mass is 127. The van der Waals surface area contributed by atoms with E-state index < -0.39 is 11.7 Å². The van der Waals surface area contributed by atoms with Crippen molar-refractivity contribution in [2.24, 2.45) is 16.6 Å². The van der Waals surface area contributed by atoms with Gasteiger partial charge in [-0.15, -0.1) is 24.0 Å². The topological polar surface area (TPSA) is 53.6 Å². The van der Waals surface area contributed by atoms with E-state index in [1.54, 1.807) is 12.1 Å². The maximum Gasteiger partial charge on any atom is 0.416 e. The van der Waals surface area contributed by atoms with Gasteiger partial charge >= 0.3 is 6.18 Å². The molecule has 1 aliphatic heterocycles. The lowest BCUT2D eigenvalue weighted by molar-refractivity contribution is -0.137. The molecule has 8 heteroatoms. The van der Waals surface area contributed by atoms with Crippen molar-refractivity contribution in [1.82, 2.24) is 10.2 Å². The zero-order chi connectivity index (χ0) is 19.2. The summed E-state index contributed by atoms with van der Waals surface area (Å²) >= 11 is 0. The molecule has 1 aliphatic rings. The SMILES string of the molecule is CCCCNC(N)=NCC1CCCN(C)C1c1ccc(C(F)(F)F)cc1.I. The number of nitrogens with two attached hydrogens (primary N) is 1. The summed E-state index contributed by atoms with van der Waals surface area (Å²) in [6.45, 7) is 4.41. The number of likely N-dealkylation sites (tertiary alicyclic amines) is 1. The van der Waals surface area contributed by atoms with Crippen molar-refractivity contribution in [1.29, 1.82) is 0 Å². The molecular formula is C19H30F3IN4. The van der Waals surface area contributed by atoms with E-state index in [2.05, 4.69) is 22.1 Å². The molecule has 2 rings (SSSR count). The number of nitrogens with one attached hydrogen (secondary N) is 1. The van der Waals surface area contributed by atoms with Gasteiger partial charge in [0.15, 0.2) is 5.96 Å². The summed E-state index contributed by atoms with van der Waals surface area (Å²) in [5.74, 6) is 0.676. The zero-order valence-corrected chi connectivity index (χ0v) is 18.3. The van der Waals surface area contributed by atoms with Crippen LogP contribution in [0, 0.1) is 5.92 Å². The first kappa shape index (κ1) is 24.0. The number of aliphatic imine (C=N–C) groups is 1. The Kier molecular flexibility index (Phi) is 9.86. The number of unbranched alkanes of at least 4 members (excludes halogenated alkanes) is 1. The minimum atomic E-state index is -4.31. The molecule has 4 nitrogen and oxygen atoms in total. The molecule has 1 aromatic rings. The summed E-state index contributed by atoms with van der Waals surface area (Å²) in [5, 5.41) is 3.10. The number of guanidine groups is 1. The molecule has 1 fully saturated rings. The number of nitrogens with zero attached hydrogens (tertiary/aromatic N) is 2. The average molecular weight is 498 g/mol. The van der Waals surface area contributed by atoms with Crippen LogP contribution in [0.4, 0.5) is 13.2 Å². The van der Waals surface area contributed by atoms with E-state index >= 15 is 0 Å². The molecular weight excluding hydrogens is 468 g/mol. The summed E-state index contributed by atoms with van der Waals surface area (Å²) in [6.07, 6.45) is -0.141. The fraction of sp³-hybridized carbons (Fsp3) is 0.632. The molecule has 0 spiro atoms. The lowest BCUT2D eigenvalue weighted by Crippen LogP contribution is -2.38. The predicted octanol–water partition coefficient (Wildman–Crippen LogP) is 4.41. The number of piperidine rings is 1. The first-order valence-electron chi connectivity index (χ1n) is 9.24. The van der Waals surface area contributed by atoms with Crippen molar-refractivity contribution >= 4 is 29.9 Å². The van der Waals surface area contributed by atoms with Gasteiger partial charge in [0.1, 0.15) is 0 Å². The highest BCUT2D eigenvalue weighted by Crippen LogP contribution is 2.37. The normalized spacial score (nSPS) is 21.6. The van der Waals surface area contributed by atoms with E-state index in [9.17, 15) is 13.2 Å². The third-order valence-electron chi connectivity index (χ3n) is 4.92. The van der Waals surface area contributed by atoms with Crippen LogP contribution in [0.1, 0.15) is 49.8 Å². The lowest BCUT2D eigenvalue weighted by atomic mass is 9.84. The second-order valence-corrected chi connectivity index (χ2v) is 6.95. The van der Waals surface area contributed by atoms with Gasteiger partial charge in [-0.1, -0.05) is 25.5 Å². The molecule has 154 valence electrons. The number of hydrogen-bond acceptors (Lipinski definition) is 2. The zero-order valence-electron chi connectivity index (χ0n) is 15.9. The van der Waals surface area contributed by atoms with Crippen molar-refractivity contribution in [3.8, 4) is 0 Å². The van der Waals surface area contributed by atoms with Crippen LogP contribution in [-0.4, -0.2) is 37.5 Å². The molecule has 2 atom stereocenters. The Labute approximate surface area is 176 Å². The summed E-state index contributed by atoms with van der Waals surface area (Å²) in [5.41, 5.74) is 6.21. The van der Waals surface area contributed by atoms with Crippen molar-refractivity contribution in [3.63, 3.8) is 0 Å². The van der Waals surface area contributed by atoms with E-state index in [0.717, 1.165) is 44.3 Å². The van der Waals surface area contributed by atoms with Gasteiger partial charge in [-0.3, -0.25) is 9.89 Å². The third-order valence-corrected chi connectivity index (χ3v) is 4.92. The molecule has 1 heterocycles. The Morgan fingerprint density at radius 1 is 1.30 bits per heavy atom. The van der Waals surface area contributed by atoms with Gasteiger partial charge in [-0.25, -0.2) is 0 Å². The molecule has 0 bridgehead atoms. The summed E-state index contributed by atoms with van der Waals surface area (Å²) < 4.78 is 38.4. The molecule has 0 saturated carbocycles. The van der Waals surface area contributed by atoms with Gasteiger partial charge in [-0.2, -0.15) is 13.2 Å². The maximum atomic E-state index is 12.8. The van der Waals surface area contributed by atoms with Gasteiger partial charge < -0.3 is 11.1 Å². The van der Waals surface area contributed by atoms with Crippen LogP contribution in [0.5, 0.6) is 0 Å². The molecule has 0 aromatic heterocycles. The van der Waals surface area contributed by atoms with Crippen LogP contribution in [-0.2, 0) is 6.18 Å². The molecule has 0 amide bonds. The fourth-order valence-corrected chi connectivity index (χ4v) is 3.51. The van der Waals surface area contributed by atoms with Gasteiger partial charge in [0.25, 0.3) is 0 Å². The molecule has 3 N–H and O–H groups in total. The highest BCUT2D eigenvalue weighted by Gasteiger charge is 2.33. The van der Waals surface area contributed by atoms with Crippen LogP contribution >= 0.6 is 24.0 Å². The second-order valence-electron chi connectivity index (χ2n) is 6.95. The summed E-state index contributed by atoms with van der Waals surface area (Å²) in [4.78, 5) is 6.66. The van der Waals surface area contributed by atoms with E-state index in [-0.39, 0.29) is 35.9 Å². The first-order chi connectivity index (χ1) is 12.3. The van der Waals surface area contributed by atoms with E-state index in [0.29, 0.717) is 12.5 Å². The molecule has 0 aliphatic carbocycles. The second kappa shape index (κ2) is 11.1. The Morgan fingerprint density at radius 2 is 1.96 bits per heavy atom. The van der Waals surface area contributed by atoms with E-state index in [1.807, 2.05) is 7.05 Å². The van der Waals surface area contributed by atoms with Crippen molar-refractivity contribution < 1.29 is 13.2 Å². The minimum absolute atomic E-state index is 0. The first-order valence-corrected chi connectivity index (χ1v) is 9.24. The quantitative estimate of drug-likeness (QED) is 0.265. The van der Waals surface area contributed by atoms with E-state index in [4.69, 9.17) is 5.73 Å². The Morgan fingerprint density at radius 3 is 2.56 bits per heavy atom. The predicted molar refractivity (Wildman–Crippen MR) is 114 cm³/mol. The van der Waals surface area contributed by atoms with Crippen molar-refractivity contribution in [2.75, 3.05) is 26.7 Å². The Balaban J connectivity index is 0.00000364. The van der Waals surface area contributed by atoms with E-state index in [1.165, 1.54) is 12.1 Å². The van der Waals surface area contributed by atoms with Crippen LogP contribution < -0.4 is 11.1 Å². The lowest BCUT2D eigenvalue weighted by Gasteiger charge is -2.39. The van der Waals surface area contributed by atoms with Gasteiger partial charge in [0.05, 0.1) is 5.56 Å². The van der Waals surface area contributed by atoms with Crippen LogP contribution in [0.2, 0.25) is 0 Å². The van der Waals surface area contributed by atoms with Crippen LogP contribution in [0.25, 0.3) is 0 Å². The number of rotatable bonds is 6. The third kappa shape index (κ3) is 7.14. The molecule has 27 heavy (non-hydrogen) atoms.